The number of benzene rings is 2. The van der Waals surface area contributed by atoms with Crippen molar-refractivity contribution in [3.05, 3.63) is 47.5 Å². The number of nitrogens with one attached hydrogen (secondary N) is 1. The van der Waals surface area contributed by atoms with Crippen molar-refractivity contribution in [2.45, 2.75) is 20.8 Å². The van der Waals surface area contributed by atoms with Crippen LogP contribution >= 0.6 is 11.3 Å². The Morgan fingerprint density at radius 3 is 2.65 bits per heavy atom. The Hall–Kier alpha value is -2.60. The van der Waals surface area contributed by atoms with E-state index in [1.54, 1.807) is 11.3 Å². The fraction of sp³-hybridized carbons (Fsp3) is 0.300. The van der Waals surface area contributed by atoms with E-state index in [1.165, 1.54) is 10.3 Å². The fourth-order valence-corrected chi connectivity index (χ4v) is 3.81. The summed E-state index contributed by atoms with van der Waals surface area (Å²) in [6.45, 7) is 6.84. The van der Waals surface area contributed by atoms with Crippen LogP contribution in [0.5, 0.6) is 5.75 Å². The van der Waals surface area contributed by atoms with E-state index >= 15 is 0 Å². The summed E-state index contributed by atoms with van der Waals surface area (Å²) in [6.07, 6.45) is 0. The van der Waals surface area contributed by atoms with Crippen molar-refractivity contribution in [2.24, 2.45) is 0 Å². The van der Waals surface area contributed by atoms with E-state index < -0.39 is 0 Å². The number of para-hydroxylation sites is 2. The molecular weight excluding hydrogens is 346 g/mol. The molecule has 0 saturated carbocycles. The summed E-state index contributed by atoms with van der Waals surface area (Å²) in [7, 11) is 1.89. The Balaban J connectivity index is 1.74. The Morgan fingerprint density at radius 2 is 1.92 bits per heavy atom. The molecule has 0 aliphatic carbocycles. The Bertz CT molecular complexity index is 897. The quantitative estimate of drug-likeness (QED) is 0.700. The van der Waals surface area contributed by atoms with Crippen molar-refractivity contribution < 1.29 is 9.53 Å². The van der Waals surface area contributed by atoms with Crippen LogP contribution in [0.25, 0.3) is 10.2 Å². The van der Waals surface area contributed by atoms with Gasteiger partial charge in [0.2, 0.25) is 5.91 Å². The first-order valence-electron chi connectivity index (χ1n) is 8.59. The highest BCUT2D eigenvalue weighted by molar-refractivity contribution is 7.22. The first kappa shape index (κ1) is 18.2. The average molecular weight is 369 g/mol. The minimum atomic E-state index is -0.104. The zero-order chi connectivity index (χ0) is 18.7. The molecule has 2 aromatic carbocycles. The molecule has 26 heavy (non-hydrogen) atoms. The van der Waals surface area contributed by atoms with Crippen molar-refractivity contribution in [2.75, 3.05) is 30.4 Å². The normalized spacial score (nSPS) is 10.8. The molecule has 5 nitrogen and oxygen atoms in total. The molecule has 3 aromatic rings. The van der Waals surface area contributed by atoms with Crippen LogP contribution in [0.1, 0.15) is 18.1 Å². The van der Waals surface area contributed by atoms with Crippen LogP contribution < -0.4 is 15.0 Å². The summed E-state index contributed by atoms with van der Waals surface area (Å²) in [5.74, 6) is 0.574. The van der Waals surface area contributed by atoms with Gasteiger partial charge in [0, 0.05) is 7.05 Å². The highest BCUT2D eigenvalue weighted by atomic mass is 32.1. The molecule has 0 bridgehead atoms. The van der Waals surface area contributed by atoms with Gasteiger partial charge < -0.3 is 15.0 Å². The number of carbonyl (C=O) groups excluding carboxylic acids is 1. The molecule has 0 atom stereocenters. The number of carbonyl (C=O) groups is 1. The molecule has 0 unspecified atom stereocenters. The van der Waals surface area contributed by atoms with Gasteiger partial charge in [-0.25, -0.2) is 4.98 Å². The van der Waals surface area contributed by atoms with E-state index in [0.717, 1.165) is 16.2 Å². The number of aromatic nitrogens is 1. The highest BCUT2D eigenvalue weighted by Crippen LogP contribution is 2.32. The van der Waals surface area contributed by atoms with E-state index in [9.17, 15) is 4.79 Å². The SMILES string of the molecule is CCOc1ccccc1NC(=O)CN(C)c1nc2c(C)ccc(C)c2s1. The predicted molar refractivity (Wildman–Crippen MR) is 109 cm³/mol. The molecule has 0 aliphatic rings. The number of hydrogen-bond acceptors (Lipinski definition) is 5. The molecule has 1 heterocycles. The van der Waals surface area contributed by atoms with Crippen molar-refractivity contribution in [3.63, 3.8) is 0 Å². The third kappa shape index (κ3) is 3.80. The van der Waals surface area contributed by atoms with E-state index in [0.29, 0.717) is 18.0 Å². The van der Waals surface area contributed by atoms with Gasteiger partial charge in [0.1, 0.15) is 5.75 Å². The van der Waals surface area contributed by atoms with Crippen molar-refractivity contribution in [1.29, 1.82) is 0 Å². The predicted octanol–water partition coefficient (Wildman–Crippen LogP) is 4.39. The fourth-order valence-electron chi connectivity index (χ4n) is 2.74. The zero-order valence-corrected chi connectivity index (χ0v) is 16.3. The minimum Gasteiger partial charge on any atom is -0.492 e. The van der Waals surface area contributed by atoms with Crippen LogP contribution in [-0.2, 0) is 4.79 Å². The number of fused-ring (bicyclic) bond motifs is 1. The lowest BCUT2D eigenvalue weighted by molar-refractivity contribution is -0.114. The summed E-state index contributed by atoms with van der Waals surface area (Å²) in [6, 6.07) is 11.6. The molecule has 1 amide bonds. The monoisotopic (exact) mass is 369 g/mol. The van der Waals surface area contributed by atoms with Crippen LogP contribution in [0.4, 0.5) is 10.8 Å². The maximum absolute atomic E-state index is 12.5. The molecule has 3 rings (SSSR count). The van der Waals surface area contributed by atoms with Crippen LogP contribution in [0.15, 0.2) is 36.4 Å². The number of nitrogens with zero attached hydrogens (tertiary/aromatic N) is 2. The number of likely N-dealkylation sites (N-methyl/N-ethyl adjacent to an activating group) is 1. The molecule has 1 aromatic heterocycles. The van der Waals surface area contributed by atoms with E-state index in [1.807, 2.05) is 43.1 Å². The van der Waals surface area contributed by atoms with Crippen molar-refractivity contribution >= 4 is 38.3 Å². The highest BCUT2D eigenvalue weighted by Gasteiger charge is 2.15. The summed E-state index contributed by atoms with van der Waals surface area (Å²) >= 11 is 1.62. The third-order valence-corrected chi connectivity index (χ3v) is 5.40. The Labute approximate surface area is 157 Å². The maximum Gasteiger partial charge on any atom is 0.244 e. The number of rotatable bonds is 6. The van der Waals surface area contributed by atoms with Crippen molar-refractivity contribution in [3.8, 4) is 5.75 Å². The smallest absolute Gasteiger partial charge is 0.244 e. The zero-order valence-electron chi connectivity index (χ0n) is 15.5. The van der Waals surface area contributed by atoms with Gasteiger partial charge in [-0.2, -0.15) is 0 Å². The lowest BCUT2D eigenvalue weighted by Gasteiger charge is -2.16. The van der Waals surface area contributed by atoms with Gasteiger partial charge in [0.05, 0.1) is 29.1 Å². The average Bonchev–Trinajstić information content (AvgIpc) is 3.07. The number of amides is 1. The number of aryl methyl sites for hydroxylation is 2. The van der Waals surface area contributed by atoms with Crippen LogP contribution in [0, 0.1) is 13.8 Å². The molecule has 0 fully saturated rings. The Kier molecular flexibility index (Phi) is 5.42. The van der Waals surface area contributed by atoms with Gasteiger partial charge in [0.25, 0.3) is 0 Å². The van der Waals surface area contributed by atoms with Gasteiger partial charge in [-0.3, -0.25) is 4.79 Å². The first-order chi connectivity index (χ1) is 12.5. The lowest BCUT2D eigenvalue weighted by Crippen LogP contribution is -2.30. The van der Waals surface area contributed by atoms with E-state index in [-0.39, 0.29) is 12.5 Å². The number of hydrogen-bond donors (Lipinski definition) is 1. The molecule has 0 aliphatic heterocycles. The summed E-state index contributed by atoms with van der Waals surface area (Å²) in [5, 5.41) is 3.76. The number of anilines is 2. The summed E-state index contributed by atoms with van der Waals surface area (Å²) in [5.41, 5.74) is 4.05. The van der Waals surface area contributed by atoms with Crippen LogP contribution in [0.2, 0.25) is 0 Å². The van der Waals surface area contributed by atoms with Crippen LogP contribution in [-0.4, -0.2) is 31.1 Å². The van der Waals surface area contributed by atoms with Crippen molar-refractivity contribution in [1.82, 2.24) is 4.98 Å². The van der Waals surface area contributed by atoms with E-state index in [4.69, 9.17) is 9.72 Å². The molecule has 1 N–H and O–H groups in total. The third-order valence-electron chi connectivity index (χ3n) is 4.10. The second kappa shape index (κ2) is 7.74. The van der Waals surface area contributed by atoms with Gasteiger partial charge in [-0.1, -0.05) is 35.6 Å². The van der Waals surface area contributed by atoms with Gasteiger partial charge in [-0.05, 0) is 44.0 Å². The molecule has 6 heteroatoms. The number of ether oxygens (including phenoxy) is 1. The second-order valence-corrected chi connectivity index (χ2v) is 7.18. The van der Waals surface area contributed by atoms with Gasteiger partial charge in [-0.15, -0.1) is 0 Å². The topological polar surface area (TPSA) is 54.5 Å². The summed E-state index contributed by atoms with van der Waals surface area (Å²) in [4.78, 5) is 19.1. The standard InChI is InChI=1S/C20H23N3O2S/c1-5-25-16-9-7-6-8-15(16)21-17(24)12-23(4)20-22-18-13(2)10-11-14(3)19(18)26-20/h6-11H,5,12H2,1-4H3,(H,21,24). The maximum atomic E-state index is 12.5. The second-order valence-electron chi connectivity index (χ2n) is 6.21. The molecule has 136 valence electrons. The summed E-state index contributed by atoms with van der Waals surface area (Å²) < 4.78 is 6.73. The lowest BCUT2D eigenvalue weighted by atomic mass is 10.1. The molecule has 0 spiro atoms. The van der Waals surface area contributed by atoms with E-state index in [2.05, 4.69) is 31.3 Å². The molecular formula is C20H23N3O2S. The first-order valence-corrected chi connectivity index (χ1v) is 9.40. The van der Waals surface area contributed by atoms with Gasteiger partial charge >= 0.3 is 0 Å². The largest absolute Gasteiger partial charge is 0.492 e. The van der Waals surface area contributed by atoms with Crippen LogP contribution in [0.3, 0.4) is 0 Å². The molecule has 0 radical (unpaired) electrons. The Morgan fingerprint density at radius 1 is 1.19 bits per heavy atom. The number of thiazole rings is 1. The molecule has 0 saturated heterocycles. The van der Waals surface area contributed by atoms with Gasteiger partial charge in [0.15, 0.2) is 5.13 Å². The minimum absolute atomic E-state index is 0.104.